The highest BCUT2D eigenvalue weighted by molar-refractivity contribution is 7.12. The largest absolute Gasteiger partial charge is 0.397 e. The van der Waals surface area contributed by atoms with Gasteiger partial charge in [-0.05, 0) is 30.5 Å². The highest BCUT2D eigenvalue weighted by Gasteiger charge is 2.17. The number of rotatable bonds is 3. The van der Waals surface area contributed by atoms with Gasteiger partial charge in [-0.2, -0.15) is 0 Å². The van der Waals surface area contributed by atoms with Gasteiger partial charge in [0.1, 0.15) is 5.82 Å². The number of aromatic nitrogens is 1. The smallest absolute Gasteiger partial charge is 0.269 e. The van der Waals surface area contributed by atoms with Gasteiger partial charge in [-0.15, -0.1) is 11.3 Å². The van der Waals surface area contributed by atoms with Gasteiger partial charge < -0.3 is 5.73 Å². The lowest BCUT2D eigenvalue weighted by molar-refractivity contribution is 0.0991. The number of thiophene rings is 1. The highest BCUT2D eigenvalue weighted by Crippen LogP contribution is 2.18. The zero-order valence-electron chi connectivity index (χ0n) is 9.46. The van der Waals surface area contributed by atoms with E-state index in [1.165, 1.54) is 11.3 Å². The monoisotopic (exact) mass is 247 g/mol. The van der Waals surface area contributed by atoms with Gasteiger partial charge in [0.2, 0.25) is 0 Å². The number of anilines is 2. The van der Waals surface area contributed by atoms with Crippen molar-refractivity contribution in [2.24, 2.45) is 0 Å². The van der Waals surface area contributed by atoms with E-state index in [0.29, 0.717) is 22.9 Å². The molecule has 2 N–H and O–H groups in total. The molecule has 0 spiro atoms. The third-order valence-corrected chi connectivity index (χ3v) is 3.20. The molecule has 5 heteroatoms. The summed E-state index contributed by atoms with van der Waals surface area (Å²) in [5.74, 6) is 0.597. The first-order valence-corrected chi connectivity index (χ1v) is 6.17. The summed E-state index contributed by atoms with van der Waals surface area (Å²) in [6.07, 6.45) is 1.56. The number of nitrogen functional groups attached to an aromatic ring is 1. The van der Waals surface area contributed by atoms with Gasteiger partial charge >= 0.3 is 0 Å². The van der Waals surface area contributed by atoms with Crippen molar-refractivity contribution in [1.82, 2.24) is 4.98 Å². The summed E-state index contributed by atoms with van der Waals surface area (Å²) in [4.78, 5) is 18.7. The lowest BCUT2D eigenvalue weighted by atomic mass is 10.3. The lowest BCUT2D eigenvalue weighted by Crippen LogP contribution is -2.30. The molecule has 2 heterocycles. The van der Waals surface area contributed by atoms with Gasteiger partial charge in [-0.1, -0.05) is 6.07 Å². The summed E-state index contributed by atoms with van der Waals surface area (Å²) in [6, 6.07) is 7.17. The highest BCUT2D eigenvalue weighted by atomic mass is 32.1. The van der Waals surface area contributed by atoms with Crippen LogP contribution in [0.3, 0.4) is 0 Å². The van der Waals surface area contributed by atoms with Gasteiger partial charge in [0.15, 0.2) is 0 Å². The Hall–Kier alpha value is -1.88. The van der Waals surface area contributed by atoms with Gasteiger partial charge in [0.05, 0.1) is 16.8 Å². The number of nitrogens with two attached hydrogens (primary N) is 1. The van der Waals surface area contributed by atoms with E-state index in [1.807, 2.05) is 24.4 Å². The van der Waals surface area contributed by atoms with Crippen molar-refractivity contribution in [2.45, 2.75) is 6.92 Å². The quantitative estimate of drug-likeness (QED) is 0.906. The third kappa shape index (κ3) is 2.45. The second-order valence-electron chi connectivity index (χ2n) is 3.48. The molecule has 0 bridgehead atoms. The first-order valence-electron chi connectivity index (χ1n) is 5.29. The van der Waals surface area contributed by atoms with Crippen molar-refractivity contribution in [1.29, 1.82) is 0 Å². The van der Waals surface area contributed by atoms with E-state index in [9.17, 15) is 4.79 Å². The van der Waals surface area contributed by atoms with Crippen molar-refractivity contribution in [2.75, 3.05) is 17.2 Å². The van der Waals surface area contributed by atoms with E-state index in [2.05, 4.69) is 4.98 Å². The predicted molar refractivity (Wildman–Crippen MR) is 70.3 cm³/mol. The molecule has 2 aromatic heterocycles. The Bertz CT molecular complexity index is 493. The number of pyridine rings is 1. The zero-order chi connectivity index (χ0) is 12.3. The van der Waals surface area contributed by atoms with Crippen LogP contribution in [0.15, 0.2) is 35.8 Å². The maximum absolute atomic E-state index is 12.2. The average Bonchev–Trinajstić information content (AvgIpc) is 2.86. The molecular weight excluding hydrogens is 234 g/mol. The van der Waals surface area contributed by atoms with Gasteiger partial charge in [-0.3, -0.25) is 9.69 Å². The Morgan fingerprint density at radius 2 is 2.29 bits per heavy atom. The minimum Gasteiger partial charge on any atom is -0.397 e. The molecule has 0 saturated heterocycles. The van der Waals surface area contributed by atoms with Gasteiger partial charge in [0, 0.05) is 6.54 Å². The number of hydrogen-bond donors (Lipinski definition) is 1. The molecule has 0 saturated carbocycles. The van der Waals surface area contributed by atoms with Crippen LogP contribution in [0.2, 0.25) is 0 Å². The number of hydrogen-bond acceptors (Lipinski definition) is 4. The maximum atomic E-state index is 12.2. The second kappa shape index (κ2) is 4.97. The molecule has 17 heavy (non-hydrogen) atoms. The fraction of sp³-hybridized carbons (Fsp3) is 0.167. The van der Waals surface area contributed by atoms with Crippen molar-refractivity contribution in [3.8, 4) is 0 Å². The molecule has 0 aliphatic carbocycles. The number of amides is 1. The van der Waals surface area contributed by atoms with Gasteiger partial charge in [-0.25, -0.2) is 4.98 Å². The Morgan fingerprint density at radius 1 is 1.47 bits per heavy atom. The predicted octanol–water partition coefficient (Wildman–Crippen LogP) is 2.39. The van der Waals surface area contributed by atoms with Crippen LogP contribution in [0, 0.1) is 0 Å². The van der Waals surface area contributed by atoms with E-state index < -0.39 is 0 Å². The van der Waals surface area contributed by atoms with E-state index in [1.54, 1.807) is 23.2 Å². The van der Waals surface area contributed by atoms with Crippen molar-refractivity contribution in [3.05, 3.63) is 40.7 Å². The number of carbonyl (C=O) groups excluding carboxylic acids is 1. The number of carbonyl (C=O) groups is 1. The summed E-state index contributed by atoms with van der Waals surface area (Å²) in [6.45, 7) is 2.50. The summed E-state index contributed by atoms with van der Waals surface area (Å²) in [5, 5.41) is 1.89. The van der Waals surface area contributed by atoms with Crippen LogP contribution < -0.4 is 10.6 Å². The van der Waals surface area contributed by atoms with Crippen LogP contribution in [-0.2, 0) is 0 Å². The molecular formula is C12H13N3OS. The molecule has 1 amide bonds. The Balaban J connectivity index is 2.28. The summed E-state index contributed by atoms with van der Waals surface area (Å²) >= 11 is 1.43. The fourth-order valence-corrected chi connectivity index (χ4v) is 2.17. The molecule has 2 aromatic rings. The fourth-order valence-electron chi connectivity index (χ4n) is 1.50. The van der Waals surface area contributed by atoms with Crippen LogP contribution in [0.1, 0.15) is 16.6 Å². The molecule has 0 aromatic carbocycles. The normalized spacial score (nSPS) is 10.2. The van der Waals surface area contributed by atoms with Crippen molar-refractivity contribution in [3.63, 3.8) is 0 Å². The van der Waals surface area contributed by atoms with E-state index >= 15 is 0 Å². The Kier molecular flexibility index (Phi) is 3.39. The molecule has 0 radical (unpaired) electrons. The first-order chi connectivity index (χ1) is 8.22. The summed E-state index contributed by atoms with van der Waals surface area (Å²) in [7, 11) is 0. The summed E-state index contributed by atoms with van der Waals surface area (Å²) in [5.41, 5.74) is 6.17. The SMILES string of the molecule is CCN(C(=O)c1cccs1)c1ccc(N)cn1. The second-order valence-corrected chi connectivity index (χ2v) is 4.42. The zero-order valence-corrected chi connectivity index (χ0v) is 10.3. The van der Waals surface area contributed by atoms with Crippen LogP contribution in [0.4, 0.5) is 11.5 Å². The molecule has 0 atom stereocenters. The van der Waals surface area contributed by atoms with E-state index in [4.69, 9.17) is 5.73 Å². The maximum Gasteiger partial charge on any atom is 0.269 e. The minimum atomic E-state index is -0.0280. The number of nitrogens with zero attached hydrogens (tertiary/aromatic N) is 2. The van der Waals surface area contributed by atoms with Crippen molar-refractivity contribution >= 4 is 28.7 Å². The standard InChI is InChI=1S/C12H13N3OS/c1-2-15(11-6-5-9(13)8-14-11)12(16)10-4-3-7-17-10/h3-8H,2,13H2,1H3. The molecule has 0 unspecified atom stereocenters. The lowest BCUT2D eigenvalue weighted by Gasteiger charge is -2.18. The van der Waals surface area contributed by atoms with Crippen LogP contribution in [0.5, 0.6) is 0 Å². The molecule has 2 rings (SSSR count). The van der Waals surface area contributed by atoms with Crippen molar-refractivity contribution < 1.29 is 4.79 Å². The van der Waals surface area contributed by atoms with E-state index in [0.717, 1.165) is 0 Å². The molecule has 0 fully saturated rings. The van der Waals surface area contributed by atoms with Crippen LogP contribution in [0.25, 0.3) is 0 Å². The van der Waals surface area contributed by atoms with Crippen LogP contribution >= 0.6 is 11.3 Å². The molecule has 0 aliphatic heterocycles. The first kappa shape index (κ1) is 11.6. The molecule has 88 valence electrons. The van der Waals surface area contributed by atoms with E-state index in [-0.39, 0.29) is 5.91 Å². The third-order valence-electron chi connectivity index (χ3n) is 2.34. The van der Waals surface area contributed by atoms with Gasteiger partial charge in [0.25, 0.3) is 5.91 Å². The molecule has 0 aliphatic rings. The Morgan fingerprint density at radius 3 is 2.82 bits per heavy atom. The topological polar surface area (TPSA) is 59.2 Å². The van der Waals surface area contributed by atoms with Crippen LogP contribution in [-0.4, -0.2) is 17.4 Å². The average molecular weight is 247 g/mol. The molecule has 4 nitrogen and oxygen atoms in total. The Labute approximate surface area is 104 Å². The minimum absolute atomic E-state index is 0.0280. The summed E-state index contributed by atoms with van der Waals surface area (Å²) < 4.78 is 0.